The Morgan fingerprint density at radius 3 is 2.20 bits per heavy atom. The molecule has 2 aromatic rings. The summed E-state index contributed by atoms with van der Waals surface area (Å²) < 4.78 is 10.7. The number of hydrogen-bond donors (Lipinski definition) is 1. The molecule has 104 valence electrons. The molecule has 0 aliphatic heterocycles. The lowest BCUT2D eigenvalue weighted by Gasteiger charge is -2.10. The number of methoxy groups -OCH3 is 1. The number of hydrogen-bond acceptors (Lipinski definition) is 3. The molecule has 4 heteroatoms. The molecule has 0 bridgehead atoms. The van der Waals surface area contributed by atoms with Crippen LogP contribution in [0.15, 0.2) is 48.5 Å². The summed E-state index contributed by atoms with van der Waals surface area (Å²) in [6, 6.07) is 14.7. The number of ether oxygens (including phenoxy) is 2. The standard InChI is InChI=1S/C16H16O4/c1-19-14-6-8-15(9-7-14)20-11-13-5-3-2-4-12(13)10-16(17)18/h2-9H,10-11H2,1H3,(H,17,18). The van der Waals surface area contributed by atoms with Crippen molar-refractivity contribution in [3.63, 3.8) is 0 Å². The molecule has 0 aliphatic carbocycles. The van der Waals surface area contributed by atoms with Crippen LogP contribution in [0.5, 0.6) is 11.5 Å². The van der Waals surface area contributed by atoms with E-state index in [1.807, 2.05) is 42.5 Å². The van der Waals surface area contributed by atoms with Crippen LogP contribution in [0.25, 0.3) is 0 Å². The average molecular weight is 272 g/mol. The van der Waals surface area contributed by atoms with E-state index in [-0.39, 0.29) is 6.42 Å². The van der Waals surface area contributed by atoms with Gasteiger partial charge in [-0.25, -0.2) is 0 Å². The van der Waals surface area contributed by atoms with Crippen LogP contribution in [0.3, 0.4) is 0 Å². The highest BCUT2D eigenvalue weighted by atomic mass is 16.5. The Morgan fingerprint density at radius 2 is 1.60 bits per heavy atom. The van der Waals surface area contributed by atoms with E-state index in [9.17, 15) is 4.79 Å². The molecule has 0 unspecified atom stereocenters. The summed E-state index contributed by atoms with van der Waals surface area (Å²) in [5.74, 6) is 0.640. The number of benzene rings is 2. The molecule has 0 saturated carbocycles. The van der Waals surface area contributed by atoms with E-state index in [0.717, 1.165) is 22.6 Å². The molecule has 20 heavy (non-hydrogen) atoms. The normalized spacial score (nSPS) is 10.1. The molecular weight excluding hydrogens is 256 g/mol. The summed E-state index contributed by atoms with van der Waals surface area (Å²) in [4.78, 5) is 10.8. The van der Waals surface area contributed by atoms with Crippen molar-refractivity contribution in [2.24, 2.45) is 0 Å². The highest BCUT2D eigenvalue weighted by Gasteiger charge is 2.06. The zero-order chi connectivity index (χ0) is 14.4. The van der Waals surface area contributed by atoms with Crippen LogP contribution in [0.4, 0.5) is 0 Å². The molecule has 0 aromatic heterocycles. The fraction of sp³-hybridized carbons (Fsp3) is 0.188. The van der Waals surface area contributed by atoms with Gasteiger partial charge >= 0.3 is 5.97 Å². The number of carbonyl (C=O) groups is 1. The summed E-state index contributed by atoms with van der Waals surface area (Å²) in [6.45, 7) is 0.343. The van der Waals surface area contributed by atoms with Crippen molar-refractivity contribution in [3.05, 3.63) is 59.7 Å². The Hall–Kier alpha value is -2.49. The van der Waals surface area contributed by atoms with Gasteiger partial charge < -0.3 is 14.6 Å². The fourth-order valence-corrected chi connectivity index (χ4v) is 1.87. The maximum Gasteiger partial charge on any atom is 0.307 e. The van der Waals surface area contributed by atoms with E-state index >= 15 is 0 Å². The predicted molar refractivity (Wildman–Crippen MR) is 75.1 cm³/mol. The van der Waals surface area contributed by atoms with Gasteiger partial charge in [-0.15, -0.1) is 0 Å². The van der Waals surface area contributed by atoms with Crippen molar-refractivity contribution < 1.29 is 19.4 Å². The van der Waals surface area contributed by atoms with E-state index in [0.29, 0.717) is 6.61 Å². The number of aliphatic carboxylic acids is 1. The lowest BCUT2D eigenvalue weighted by Crippen LogP contribution is -2.05. The van der Waals surface area contributed by atoms with Crippen molar-refractivity contribution in [2.45, 2.75) is 13.0 Å². The Labute approximate surface area is 117 Å². The molecule has 2 aromatic carbocycles. The summed E-state index contributed by atoms with van der Waals surface area (Å²) in [5, 5.41) is 8.88. The van der Waals surface area contributed by atoms with Crippen LogP contribution in [-0.4, -0.2) is 18.2 Å². The molecule has 0 fully saturated rings. The van der Waals surface area contributed by atoms with Gasteiger partial charge in [-0.1, -0.05) is 24.3 Å². The van der Waals surface area contributed by atoms with Crippen molar-refractivity contribution >= 4 is 5.97 Å². The van der Waals surface area contributed by atoms with Crippen LogP contribution in [-0.2, 0) is 17.8 Å². The van der Waals surface area contributed by atoms with Crippen molar-refractivity contribution in [3.8, 4) is 11.5 Å². The van der Waals surface area contributed by atoms with Crippen molar-refractivity contribution in [2.75, 3.05) is 7.11 Å². The number of carboxylic acids is 1. The zero-order valence-electron chi connectivity index (χ0n) is 11.2. The van der Waals surface area contributed by atoms with Gasteiger partial charge in [0.1, 0.15) is 18.1 Å². The number of carboxylic acid groups (broad SMARTS) is 1. The van der Waals surface area contributed by atoms with E-state index in [1.54, 1.807) is 13.2 Å². The molecule has 0 atom stereocenters. The van der Waals surface area contributed by atoms with Crippen LogP contribution in [0, 0.1) is 0 Å². The third kappa shape index (κ3) is 3.75. The van der Waals surface area contributed by atoms with Gasteiger partial charge in [0.2, 0.25) is 0 Å². The Balaban J connectivity index is 2.04. The second-order valence-electron chi connectivity index (χ2n) is 4.30. The molecule has 0 heterocycles. The maximum atomic E-state index is 10.8. The lowest BCUT2D eigenvalue weighted by molar-refractivity contribution is -0.136. The van der Waals surface area contributed by atoms with Gasteiger partial charge in [0, 0.05) is 0 Å². The predicted octanol–water partition coefficient (Wildman–Crippen LogP) is 2.90. The second kappa shape index (κ2) is 6.61. The molecule has 0 radical (unpaired) electrons. The van der Waals surface area contributed by atoms with Gasteiger partial charge in [-0.2, -0.15) is 0 Å². The first-order chi connectivity index (χ1) is 9.69. The fourth-order valence-electron chi connectivity index (χ4n) is 1.87. The molecule has 0 aliphatic rings. The van der Waals surface area contributed by atoms with Gasteiger partial charge in [0.25, 0.3) is 0 Å². The molecule has 0 spiro atoms. The van der Waals surface area contributed by atoms with Gasteiger partial charge in [0.15, 0.2) is 0 Å². The van der Waals surface area contributed by atoms with Crippen molar-refractivity contribution in [1.82, 2.24) is 0 Å². The second-order valence-corrected chi connectivity index (χ2v) is 4.30. The Morgan fingerprint density at radius 1 is 1.00 bits per heavy atom. The van der Waals surface area contributed by atoms with Crippen molar-refractivity contribution in [1.29, 1.82) is 0 Å². The largest absolute Gasteiger partial charge is 0.497 e. The maximum absolute atomic E-state index is 10.8. The minimum atomic E-state index is -0.845. The van der Waals surface area contributed by atoms with E-state index in [2.05, 4.69) is 0 Å². The topological polar surface area (TPSA) is 55.8 Å². The van der Waals surface area contributed by atoms with E-state index < -0.39 is 5.97 Å². The zero-order valence-corrected chi connectivity index (χ0v) is 11.2. The van der Waals surface area contributed by atoms with Crippen LogP contribution in [0.1, 0.15) is 11.1 Å². The van der Waals surface area contributed by atoms with Crippen LogP contribution < -0.4 is 9.47 Å². The first-order valence-electron chi connectivity index (χ1n) is 6.24. The summed E-state index contributed by atoms with van der Waals surface area (Å²) >= 11 is 0. The van der Waals surface area contributed by atoms with Gasteiger partial charge in [-0.3, -0.25) is 4.79 Å². The van der Waals surface area contributed by atoms with Gasteiger partial charge in [0.05, 0.1) is 13.5 Å². The third-order valence-electron chi connectivity index (χ3n) is 2.91. The van der Waals surface area contributed by atoms with Gasteiger partial charge in [-0.05, 0) is 35.4 Å². The smallest absolute Gasteiger partial charge is 0.307 e. The third-order valence-corrected chi connectivity index (χ3v) is 2.91. The summed E-state index contributed by atoms with van der Waals surface area (Å²) in [7, 11) is 1.61. The van der Waals surface area contributed by atoms with E-state index in [4.69, 9.17) is 14.6 Å². The number of rotatable bonds is 6. The minimum absolute atomic E-state index is 0.00213. The SMILES string of the molecule is COc1ccc(OCc2ccccc2CC(=O)O)cc1. The average Bonchev–Trinajstić information content (AvgIpc) is 2.46. The first kappa shape index (κ1) is 13.9. The molecule has 4 nitrogen and oxygen atoms in total. The first-order valence-corrected chi connectivity index (χ1v) is 6.24. The van der Waals surface area contributed by atoms with Crippen LogP contribution >= 0.6 is 0 Å². The lowest BCUT2D eigenvalue weighted by atomic mass is 10.1. The van der Waals surface area contributed by atoms with Crippen LogP contribution in [0.2, 0.25) is 0 Å². The quantitative estimate of drug-likeness (QED) is 0.878. The Kier molecular flexibility index (Phi) is 4.60. The molecular formula is C16H16O4. The molecule has 0 saturated heterocycles. The minimum Gasteiger partial charge on any atom is -0.497 e. The summed E-state index contributed by atoms with van der Waals surface area (Å²) in [5.41, 5.74) is 1.65. The highest BCUT2D eigenvalue weighted by Crippen LogP contribution is 2.19. The summed E-state index contributed by atoms with van der Waals surface area (Å²) in [6.07, 6.45) is 0.00213. The Bertz CT molecular complexity index is 575. The molecule has 0 amide bonds. The monoisotopic (exact) mass is 272 g/mol. The highest BCUT2D eigenvalue weighted by molar-refractivity contribution is 5.70. The molecule has 1 N–H and O–H groups in total. The van der Waals surface area contributed by atoms with E-state index in [1.165, 1.54) is 0 Å². The molecule has 2 rings (SSSR count).